The van der Waals surface area contributed by atoms with Crippen LogP contribution in [0.1, 0.15) is 17.5 Å². The van der Waals surface area contributed by atoms with Crippen LogP contribution >= 0.6 is 15.9 Å². The summed E-state index contributed by atoms with van der Waals surface area (Å²) < 4.78 is 39.6. The third-order valence-electron chi connectivity index (χ3n) is 4.24. The predicted octanol–water partition coefficient (Wildman–Crippen LogP) is 3.51. The van der Waals surface area contributed by atoms with Crippen molar-refractivity contribution in [2.75, 3.05) is 17.9 Å². The third-order valence-corrected chi connectivity index (χ3v) is 6.58. The molecule has 1 aliphatic carbocycles. The van der Waals surface area contributed by atoms with E-state index < -0.39 is 10.0 Å². The second-order valence-corrected chi connectivity index (χ2v) is 8.37. The molecule has 0 radical (unpaired) electrons. The van der Waals surface area contributed by atoms with Gasteiger partial charge in [0.1, 0.15) is 18.1 Å². The number of sulfonamides is 1. The minimum atomic E-state index is -3.73. The zero-order valence-corrected chi connectivity index (χ0v) is 15.2. The monoisotopic (exact) mass is 409 g/mol. The molecule has 0 atom stereocenters. The Morgan fingerprint density at radius 2 is 1.67 bits per heavy atom. The Labute approximate surface area is 149 Å². The van der Waals surface area contributed by atoms with Crippen LogP contribution in [-0.4, -0.2) is 21.6 Å². The summed E-state index contributed by atoms with van der Waals surface area (Å²) >= 11 is 3.32. The summed E-state index contributed by atoms with van der Waals surface area (Å²) in [6.07, 6.45) is 3.19. The van der Waals surface area contributed by atoms with Crippen LogP contribution in [0, 0.1) is 0 Å². The van der Waals surface area contributed by atoms with Crippen molar-refractivity contribution in [1.82, 2.24) is 0 Å². The van der Waals surface area contributed by atoms with Crippen LogP contribution in [0.4, 0.5) is 5.69 Å². The molecule has 0 amide bonds. The lowest BCUT2D eigenvalue weighted by molar-refractivity contribution is 0.171. The molecule has 2 aromatic rings. The van der Waals surface area contributed by atoms with E-state index in [0.717, 1.165) is 19.3 Å². The summed E-state index contributed by atoms with van der Waals surface area (Å²) in [6, 6.07) is 8.86. The number of ether oxygens (including phenoxy) is 2. The molecule has 0 fully saturated rings. The van der Waals surface area contributed by atoms with E-state index in [0.29, 0.717) is 34.9 Å². The van der Waals surface area contributed by atoms with Crippen LogP contribution in [-0.2, 0) is 22.9 Å². The van der Waals surface area contributed by atoms with Crippen molar-refractivity contribution in [2.24, 2.45) is 0 Å². The summed E-state index contributed by atoms with van der Waals surface area (Å²) in [5.41, 5.74) is 3.10. The molecule has 0 saturated carbocycles. The van der Waals surface area contributed by atoms with Gasteiger partial charge < -0.3 is 9.47 Å². The van der Waals surface area contributed by atoms with Crippen molar-refractivity contribution < 1.29 is 17.9 Å². The molecule has 1 N–H and O–H groups in total. The van der Waals surface area contributed by atoms with Crippen LogP contribution < -0.4 is 14.2 Å². The molecular weight excluding hydrogens is 394 g/mol. The number of anilines is 1. The number of rotatable bonds is 3. The normalized spacial score (nSPS) is 15.9. The molecule has 0 aromatic heterocycles. The molecule has 126 valence electrons. The predicted molar refractivity (Wildman–Crippen MR) is 94.4 cm³/mol. The molecule has 1 heterocycles. The largest absolute Gasteiger partial charge is 0.486 e. The maximum Gasteiger partial charge on any atom is 0.263 e. The Morgan fingerprint density at radius 3 is 2.46 bits per heavy atom. The van der Waals surface area contributed by atoms with E-state index >= 15 is 0 Å². The van der Waals surface area contributed by atoms with E-state index in [4.69, 9.17) is 9.47 Å². The van der Waals surface area contributed by atoms with Gasteiger partial charge in [-0.2, -0.15) is 0 Å². The van der Waals surface area contributed by atoms with Crippen LogP contribution in [0.3, 0.4) is 0 Å². The molecule has 7 heteroatoms. The highest BCUT2D eigenvalue weighted by Crippen LogP contribution is 2.38. The van der Waals surface area contributed by atoms with E-state index in [1.165, 1.54) is 17.2 Å². The van der Waals surface area contributed by atoms with Crippen molar-refractivity contribution >= 4 is 31.6 Å². The Bertz CT molecular complexity index is 911. The number of aryl methyl sites for hydroxylation is 2. The van der Waals surface area contributed by atoms with E-state index in [1.54, 1.807) is 6.07 Å². The van der Waals surface area contributed by atoms with Crippen LogP contribution in [0.2, 0.25) is 0 Å². The number of halogens is 1. The number of nitrogens with one attached hydrogen (secondary N) is 1. The van der Waals surface area contributed by atoms with Gasteiger partial charge in [0, 0.05) is 16.2 Å². The van der Waals surface area contributed by atoms with Gasteiger partial charge in [-0.05, 0) is 64.5 Å². The van der Waals surface area contributed by atoms with Gasteiger partial charge in [-0.25, -0.2) is 8.42 Å². The minimum Gasteiger partial charge on any atom is -0.486 e. The first-order valence-corrected chi connectivity index (χ1v) is 10.0. The minimum absolute atomic E-state index is 0.132. The highest BCUT2D eigenvalue weighted by Gasteiger charge is 2.23. The molecular formula is C17H16BrNO4S. The molecule has 0 bridgehead atoms. The fourth-order valence-electron chi connectivity index (χ4n) is 3.10. The quantitative estimate of drug-likeness (QED) is 0.841. The van der Waals surface area contributed by atoms with E-state index in [9.17, 15) is 8.42 Å². The summed E-state index contributed by atoms with van der Waals surface area (Å²) in [4.78, 5) is 0.132. The van der Waals surface area contributed by atoms with Gasteiger partial charge in [0.15, 0.2) is 11.5 Å². The molecule has 2 aromatic carbocycles. The fourth-order valence-corrected chi connectivity index (χ4v) is 5.18. The lowest BCUT2D eigenvalue weighted by atomic mass is 10.1. The van der Waals surface area contributed by atoms with Gasteiger partial charge in [-0.3, -0.25) is 4.72 Å². The molecule has 5 nitrogen and oxygen atoms in total. The van der Waals surface area contributed by atoms with Gasteiger partial charge in [0.2, 0.25) is 0 Å². The van der Waals surface area contributed by atoms with Crippen LogP contribution in [0.5, 0.6) is 11.5 Å². The molecule has 0 saturated heterocycles. The van der Waals surface area contributed by atoms with Gasteiger partial charge >= 0.3 is 0 Å². The van der Waals surface area contributed by atoms with Crippen LogP contribution in [0.25, 0.3) is 0 Å². The Balaban J connectivity index is 1.67. The topological polar surface area (TPSA) is 64.6 Å². The SMILES string of the molecule is O=S(=O)(Nc1ccc2c(c1)CCC2)c1cc2c(cc1Br)OCCO2. The van der Waals surface area contributed by atoms with E-state index in [-0.39, 0.29) is 4.90 Å². The van der Waals surface area contributed by atoms with Crippen molar-refractivity contribution in [2.45, 2.75) is 24.2 Å². The van der Waals surface area contributed by atoms with Crippen molar-refractivity contribution in [3.8, 4) is 11.5 Å². The Hall–Kier alpha value is -1.73. The van der Waals surface area contributed by atoms with Crippen LogP contribution in [0.15, 0.2) is 39.7 Å². The maximum atomic E-state index is 12.8. The standard InChI is InChI=1S/C17H16BrNO4S/c18-14-9-15-16(23-7-6-22-15)10-17(14)24(20,21)19-13-5-4-11-2-1-3-12(11)8-13/h4-5,8-10,19H,1-3,6-7H2. The second kappa shape index (κ2) is 5.97. The molecule has 0 unspecified atom stereocenters. The zero-order chi connectivity index (χ0) is 16.7. The second-order valence-electron chi connectivity index (χ2n) is 5.87. The zero-order valence-electron chi connectivity index (χ0n) is 12.8. The van der Waals surface area contributed by atoms with Crippen molar-refractivity contribution in [3.05, 3.63) is 45.9 Å². The molecule has 1 aliphatic heterocycles. The highest BCUT2D eigenvalue weighted by atomic mass is 79.9. The maximum absolute atomic E-state index is 12.8. The van der Waals surface area contributed by atoms with E-state index in [1.807, 2.05) is 18.2 Å². The first kappa shape index (κ1) is 15.8. The number of hydrogen-bond donors (Lipinski definition) is 1. The fraction of sp³-hybridized carbons (Fsp3) is 0.294. The van der Waals surface area contributed by atoms with Gasteiger partial charge in [0.05, 0.1) is 0 Å². The van der Waals surface area contributed by atoms with Gasteiger partial charge in [-0.1, -0.05) is 6.07 Å². The van der Waals surface area contributed by atoms with Crippen molar-refractivity contribution in [3.63, 3.8) is 0 Å². The lowest BCUT2D eigenvalue weighted by Gasteiger charge is -2.20. The average molecular weight is 410 g/mol. The smallest absolute Gasteiger partial charge is 0.263 e. The average Bonchev–Trinajstić information content (AvgIpc) is 3.01. The first-order valence-electron chi connectivity index (χ1n) is 7.77. The number of hydrogen-bond acceptors (Lipinski definition) is 4. The molecule has 4 rings (SSSR count). The molecule has 24 heavy (non-hydrogen) atoms. The van der Waals surface area contributed by atoms with E-state index in [2.05, 4.69) is 20.7 Å². The van der Waals surface area contributed by atoms with Crippen molar-refractivity contribution in [1.29, 1.82) is 0 Å². The first-order chi connectivity index (χ1) is 11.5. The van der Waals surface area contributed by atoms with Gasteiger partial charge in [0.25, 0.3) is 10.0 Å². The highest BCUT2D eigenvalue weighted by molar-refractivity contribution is 9.10. The molecule has 0 spiro atoms. The summed E-state index contributed by atoms with van der Waals surface area (Å²) in [7, 11) is -3.73. The Morgan fingerprint density at radius 1 is 0.958 bits per heavy atom. The summed E-state index contributed by atoms with van der Waals surface area (Å²) in [5, 5.41) is 0. The molecule has 2 aliphatic rings. The number of fused-ring (bicyclic) bond motifs is 2. The third kappa shape index (κ3) is 2.86. The summed E-state index contributed by atoms with van der Waals surface area (Å²) in [6.45, 7) is 0.866. The Kier molecular flexibility index (Phi) is 3.92. The summed E-state index contributed by atoms with van der Waals surface area (Å²) in [5.74, 6) is 0.989. The number of benzene rings is 2. The van der Waals surface area contributed by atoms with Gasteiger partial charge in [-0.15, -0.1) is 0 Å². The lowest BCUT2D eigenvalue weighted by Crippen LogP contribution is -2.18.